The van der Waals surface area contributed by atoms with Crippen LogP contribution in [-0.2, 0) is 16.1 Å². The van der Waals surface area contributed by atoms with Crippen molar-refractivity contribution in [3.63, 3.8) is 0 Å². The number of anilines is 1. The fourth-order valence-corrected chi connectivity index (χ4v) is 3.85. The maximum absolute atomic E-state index is 13.1. The number of rotatable bonds is 8. The molecule has 4 aromatic rings. The molecule has 0 aliphatic heterocycles. The van der Waals surface area contributed by atoms with Gasteiger partial charge < -0.3 is 9.32 Å². The van der Waals surface area contributed by atoms with Crippen molar-refractivity contribution in [1.82, 2.24) is 14.5 Å². The molecule has 7 nitrogen and oxygen atoms in total. The fourth-order valence-electron chi connectivity index (χ4n) is 3.85. The minimum Gasteiger partial charge on any atom is -0.467 e. The third kappa shape index (κ3) is 4.93. The molecule has 5 rings (SSSR count). The Kier molecular flexibility index (Phi) is 5.99. The van der Waals surface area contributed by atoms with Crippen LogP contribution in [0.25, 0.3) is 16.9 Å². The monoisotopic (exact) mass is 454 g/mol. The second-order valence-corrected chi connectivity index (χ2v) is 8.62. The van der Waals surface area contributed by atoms with Gasteiger partial charge >= 0.3 is 0 Å². The second-order valence-electron chi connectivity index (χ2n) is 8.62. The van der Waals surface area contributed by atoms with E-state index in [4.69, 9.17) is 9.40 Å². The predicted molar refractivity (Wildman–Crippen MR) is 129 cm³/mol. The molecule has 2 heterocycles. The molecule has 2 aromatic heterocycles. The number of amides is 2. The van der Waals surface area contributed by atoms with E-state index in [-0.39, 0.29) is 30.8 Å². The molecule has 2 aromatic carbocycles. The number of aromatic nitrogens is 2. The second kappa shape index (κ2) is 9.39. The van der Waals surface area contributed by atoms with Gasteiger partial charge in [-0.1, -0.05) is 48.0 Å². The first-order valence-corrected chi connectivity index (χ1v) is 11.4. The standard InChI is InChI=1S/C27H26N4O3/c1-19-9-13-22(14-10-19)31-17-24(20-6-3-2-4-7-20)28-27(31)29-25(32)18-30(26(33)21-11-12-21)16-23-8-5-15-34-23/h2-10,13-15,17,21H,11-12,16,18H2,1H3,(H,28,29,32). The van der Waals surface area contributed by atoms with Crippen LogP contribution < -0.4 is 5.32 Å². The topological polar surface area (TPSA) is 80.4 Å². The number of hydrogen-bond donors (Lipinski definition) is 1. The molecule has 0 unspecified atom stereocenters. The van der Waals surface area contributed by atoms with Gasteiger partial charge in [0.25, 0.3) is 0 Å². The summed E-state index contributed by atoms with van der Waals surface area (Å²) >= 11 is 0. The average molecular weight is 455 g/mol. The lowest BCUT2D eigenvalue weighted by atomic mass is 10.2. The molecule has 0 radical (unpaired) electrons. The highest BCUT2D eigenvalue weighted by atomic mass is 16.3. The Labute approximate surface area is 198 Å². The van der Waals surface area contributed by atoms with Crippen LogP contribution in [0.3, 0.4) is 0 Å². The summed E-state index contributed by atoms with van der Waals surface area (Å²) in [6, 6.07) is 21.4. The van der Waals surface area contributed by atoms with Gasteiger partial charge in [0.2, 0.25) is 17.8 Å². The zero-order chi connectivity index (χ0) is 23.5. The first-order chi connectivity index (χ1) is 16.6. The van der Waals surface area contributed by atoms with Crippen molar-refractivity contribution in [3.05, 3.63) is 90.5 Å². The molecule has 1 fully saturated rings. The number of nitrogens with one attached hydrogen (secondary N) is 1. The number of benzene rings is 2. The quantitative estimate of drug-likeness (QED) is 0.414. The van der Waals surface area contributed by atoms with E-state index in [1.165, 1.54) is 0 Å². The Morgan fingerprint density at radius 2 is 1.82 bits per heavy atom. The summed E-state index contributed by atoms with van der Waals surface area (Å²) in [5.41, 5.74) is 3.73. The maximum Gasteiger partial charge on any atom is 0.246 e. The summed E-state index contributed by atoms with van der Waals surface area (Å²) in [5, 5.41) is 2.93. The van der Waals surface area contributed by atoms with E-state index in [1.54, 1.807) is 23.3 Å². The lowest BCUT2D eigenvalue weighted by Gasteiger charge is -2.21. The Morgan fingerprint density at radius 1 is 1.06 bits per heavy atom. The summed E-state index contributed by atoms with van der Waals surface area (Å²) in [7, 11) is 0. The van der Waals surface area contributed by atoms with Gasteiger partial charge in [-0.2, -0.15) is 0 Å². The van der Waals surface area contributed by atoms with Crippen LogP contribution in [-0.4, -0.2) is 32.8 Å². The molecule has 0 bridgehead atoms. The van der Waals surface area contributed by atoms with E-state index in [2.05, 4.69) is 5.32 Å². The molecule has 0 saturated heterocycles. The normalized spacial score (nSPS) is 13.0. The highest BCUT2D eigenvalue weighted by Crippen LogP contribution is 2.31. The van der Waals surface area contributed by atoms with Crippen molar-refractivity contribution in [2.45, 2.75) is 26.3 Å². The molecule has 7 heteroatoms. The minimum absolute atomic E-state index is 0.00184. The molecule has 172 valence electrons. The van der Waals surface area contributed by atoms with Crippen molar-refractivity contribution >= 4 is 17.8 Å². The van der Waals surface area contributed by atoms with Crippen LogP contribution in [0.5, 0.6) is 0 Å². The number of carbonyl (C=O) groups is 2. The van der Waals surface area contributed by atoms with Crippen molar-refractivity contribution < 1.29 is 14.0 Å². The number of hydrogen-bond acceptors (Lipinski definition) is 4. The van der Waals surface area contributed by atoms with E-state index in [0.717, 1.165) is 35.3 Å². The van der Waals surface area contributed by atoms with Crippen LogP contribution in [0.2, 0.25) is 0 Å². The van der Waals surface area contributed by atoms with Crippen molar-refractivity contribution in [1.29, 1.82) is 0 Å². The molecular formula is C27H26N4O3. The molecule has 1 N–H and O–H groups in total. The Morgan fingerprint density at radius 3 is 2.50 bits per heavy atom. The SMILES string of the molecule is Cc1ccc(-n2cc(-c3ccccc3)nc2NC(=O)CN(Cc2ccco2)C(=O)C2CC2)cc1. The molecule has 1 saturated carbocycles. The third-order valence-electron chi connectivity index (χ3n) is 5.84. The molecule has 2 amide bonds. The van der Waals surface area contributed by atoms with Gasteiger partial charge in [-0.05, 0) is 44.0 Å². The summed E-state index contributed by atoms with van der Waals surface area (Å²) < 4.78 is 7.27. The maximum atomic E-state index is 13.1. The first kappa shape index (κ1) is 21.7. The van der Waals surface area contributed by atoms with E-state index < -0.39 is 0 Å². The summed E-state index contributed by atoms with van der Waals surface area (Å²) in [4.78, 5) is 32.2. The summed E-state index contributed by atoms with van der Waals surface area (Å²) in [6.45, 7) is 2.22. The van der Waals surface area contributed by atoms with Gasteiger partial charge in [0, 0.05) is 23.4 Å². The molecule has 0 spiro atoms. The van der Waals surface area contributed by atoms with Gasteiger partial charge in [0.15, 0.2) is 0 Å². The van der Waals surface area contributed by atoms with Crippen LogP contribution in [0, 0.1) is 12.8 Å². The number of nitrogens with zero attached hydrogens (tertiary/aromatic N) is 3. The van der Waals surface area contributed by atoms with Gasteiger partial charge in [0.05, 0.1) is 18.5 Å². The van der Waals surface area contributed by atoms with Crippen molar-refractivity contribution in [2.75, 3.05) is 11.9 Å². The van der Waals surface area contributed by atoms with E-state index in [9.17, 15) is 9.59 Å². The van der Waals surface area contributed by atoms with Gasteiger partial charge in [-0.15, -0.1) is 0 Å². The molecule has 34 heavy (non-hydrogen) atoms. The molecule has 1 aliphatic carbocycles. The zero-order valence-corrected chi connectivity index (χ0v) is 19.0. The van der Waals surface area contributed by atoms with Crippen molar-refractivity contribution in [3.8, 4) is 16.9 Å². The van der Waals surface area contributed by atoms with E-state index in [1.807, 2.05) is 72.3 Å². The van der Waals surface area contributed by atoms with Crippen molar-refractivity contribution in [2.24, 2.45) is 5.92 Å². The first-order valence-electron chi connectivity index (χ1n) is 11.4. The Hall–Kier alpha value is -4.13. The van der Waals surface area contributed by atoms with Gasteiger partial charge in [-0.3, -0.25) is 19.5 Å². The zero-order valence-electron chi connectivity index (χ0n) is 19.0. The van der Waals surface area contributed by atoms with E-state index >= 15 is 0 Å². The average Bonchev–Trinajstić information content (AvgIpc) is 3.42. The van der Waals surface area contributed by atoms with E-state index in [0.29, 0.717) is 11.7 Å². The predicted octanol–water partition coefficient (Wildman–Crippen LogP) is 4.82. The Bertz CT molecular complexity index is 1270. The number of furan rings is 1. The van der Waals surface area contributed by atoms with Crippen LogP contribution in [0.15, 0.2) is 83.6 Å². The smallest absolute Gasteiger partial charge is 0.246 e. The number of aryl methyl sites for hydroxylation is 1. The Balaban J connectivity index is 1.40. The molecular weight excluding hydrogens is 428 g/mol. The number of carbonyl (C=O) groups excluding carboxylic acids is 2. The minimum atomic E-state index is -0.306. The fraction of sp³-hybridized carbons (Fsp3) is 0.222. The van der Waals surface area contributed by atoms with Crippen LogP contribution >= 0.6 is 0 Å². The molecule has 0 atom stereocenters. The van der Waals surface area contributed by atoms with Gasteiger partial charge in [-0.25, -0.2) is 4.98 Å². The highest BCUT2D eigenvalue weighted by molar-refractivity contribution is 5.94. The lowest BCUT2D eigenvalue weighted by molar-refractivity contribution is -0.136. The van der Waals surface area contributed by atoms with Gasteiger partial charge in [0.1, 0.15) is 12.3 Å². The van der Waals surface area contributed by atoms with Crippen LogP contribution in [0.4, 0.5) is 5.95 Å². The van der Waals surface area contributed by atoms with Crippen LogP contribution in [0.1, 0.15) is 24.2 Å². The third-order valence-corrected chi connectivity index (χ3v) is 5.84. The number of imidazole rings is 1. The lowest BCUT2D eigenvalue weighted by Crippen LogP contribution is -2.38. The summed E-state index contributed by atoms with van der Waals surface area (Å²) in [5.74, 6) is 0.735. The largest absolute Gasteiger partial charge is 0.467 e. The summed E-state index contributed by atoms with van der Waals surface area (Å²) in [6.07, 6.45) is 5.21. The molecule has 1 aliphatic rings. The highest BCUT2D eigenvalue weighted by Gasteiger charge is 2.34.